The van der Waals surface area contributed by atoms with E-state index in [0.717, 1.165) is 38.8 Å². The molecule has 2 unspecified atom stereocenters. The number of aromatic nitrogens is 3. The van der Waals surface area contributed by atoms with Gasteiger partial charge in [0.05, 0.1) is 37.6 Å². The Balaban J connectivity index is 1.83. The van der Waals surface area contributed by atoms with Crippen LogP contribution in [-0.2, 0) is 19.7 Å². The quantitative estimate of drug-likeness (QED) is 0.377. The Hall–Kier alpha value is -3.43. The molecule has 8 nitrogen and oxygen atoms in total. The van der Waals surface area contributed by atoms with Gasteiger partial charge in [0.15, 0.2) is 17.7 Å². The van der Waals surface area contributed by atoms with Gasteiger partial charge >= 0.3 is 5.97 Å². The molecule has 1 aliphatic rings. The third-order valence-electron chi connectivity index (χ3n) is 7.07. The Labute approximate surface area is 208 Å². The van der Waals surface area contributed by atoms with E-state index >= 15 is 0 Å². The number of nitrogens with zero attached hydrogens (tertiary/aromatic N) is 2. The van der Waals surface area contributed by atoms with E-state index in [9.17, 15) is 14.3 Å². The summed E-state index contributed by atoms with van der Waals surface area (Å²) in [5.41, 5.74) is 4.24. The van der Waals surface area contributed by atoms with Crippen molar-refractivity contribution in [2.75, 3.05) is 27.4 Å². The minimum Gasteiger partial charge on any atom is -0.494 e. The number of carbonyl (C=O) groups is 1. The summed E-state index contributed by atoms with van der Waals surface area (Å²) in [5.74, 6) is -1.25. The summed E-state index contributed by atoms with van der Waals surface area (Å²) in [7, 11) is 3.12. The van der Waals surface area contributed by atoms with Crippen molar-refractivity contribution in [3.8, 4) is 11.4 Å². The van der Waals surface area contributed by atoms with Gasteiger partial charge in [-0.25, -0.2) is 9.18 Å². The smallest absolute Gasteiger partial charge is 0.332 e. The molecule has 4 aromatic rings. The van der Waals surface area contributed by atoms with Gasteiger partial charge in [-0.3, -0.25) is 5.10 Å². The van der Waals surface area contributed by atoms with Gasteiger partial charge in [0.1, 0.15) is 0 Å². The van der Waals surface area contributed by atoms with Gasteiger partial charge in [0.2, 0.25) is 0 Å². The summed E-state index contributed by atoms with van der Waals surface area (Å²) in [6.07, 6.45) is 2.07. The van der Waals surface area contributed by atoms with Crippen LogP contribution < -0.4 is 4.74 Å². The monoisotopic (exact) mass is 495 g/mol. The van der Waals surface area contributed by atoms with Crippen molar-refractivity contribution in [1.29, 1.82) is 0 Å². The van der Waals surface area contributed by atoms with Crippen LogP contribution in [0.1, 0.15) is 43.9 Å². The minimum absolute atomic E-state index is 0.0294. The number of aliphatic carboxylic acids is 1. The van der Waals surface area contributed by atoms with E-state index in [1.54, 1.807) is 25.4 Å². The molecule has 2 atom stereocenters. The number of carboxylic acids is 1. The van der Waals surface area contributed by atoms with E-state index in [0.29, 0.717) is 26.1 Å². The van der Waals surface area contributed by atoms with Crippen LogP contribution in [0.4, 0.5) is 4.39 Å². The van der Waals surface area contributed by atoms with Gasteiger partial charge < -0.3 is 23.9 Å². The predicted octanol–water partition coefficient (Wildman–Crippen LogP) is 4.93. The van der Waals surface area contributed by atoms with Crippen molar-refractivity contribution in [2.24, 2.45) is 0 Å². The second-order valence-electron chi connectivity index (χ2n) is 9.99. The summed E-state index contributed by atoms with van der Waals surface area (Å²) in [4.78, 5) is 11.5. The molecule has 0 saturated carbocycles. The minimum atomic E-state index is -0.937. The molecule has 1 aliphatic heterocycles. The fourth-order valence-corrected chi connectivity index (χ4v) is 5.49. The Morgan fingerprint density at radius 3 is 2.75 bits per heavy atom. The van der Waals surface area contributed by atoms with Crippen LogP contribution in [0.5, 0.6) is 5.75 Å². The number of aromatic amines is 1. The highest BCUT2D eigenvalue weighted by Crippen LogP contribution is 2.45. The second kappa shape index (κ2) is 9.22. The van der Waals surface area contributed by atoms with Gasteiger partial charge in [0.25, 0.3) is 0 Å². The number of methoxy groups -OCH3 is 2. The molecule has 9 heteroatoms. The van der Waals surface area contributed by atoms with E-state index in [4.69, 9.17) is 14.2 Å². The third-order valence-corrected chi connectivity index (χ3v) is 7.07. The standard InChI is InChI=1S/C27H30FN3O5/c1-27(2,14-34-3)25-24(15-5-8-22(26(32)33)36-13-15)18-11-20-16(12-29-30-20)9-21(18)31(25)17-6-7-19(28)23(10-17)35-4/h6-7,9-12,15,22H,5,8,13-14H2,1-4H3,(H,29,30)(H,32,33). The average molecular weight is 496 g/mol. The van der Waals surface area contributed by atoms with Crippen LogP contribution in [-0.4, -0.2) is 59.4 Å². The predicted molar refractivity (Wildman–Crippen MR) is 134 cm³/mol. The zero-order valence-corrected chi connectivity index (χ0v) is 20.8. The topological polar surface area (TPSA) is 98.6 Å². The molecule has 2 aromatic carbocycles. The molecule has 190 valence electrons. The highest BCUT2D eigenvalue weighted by molar-refractivity contribution is 5.99. The SMILES string of the molecule is COCC(C)(C)c1c(C2CCC(C(=O)O)OC2)c2cc3[nH]ncc3cc2n1-c1ccc(F)c(OC)c1. The lowest BCUT2D eigenvalue weighted by Crippen LogP contribution is -2.33. The van der Waals surface area contributed by atoms with Crippen molar-refractivity contribution in [3.63, 3.8) is 0 Å². The van der Waals surface area contributed by atoms with Crippen LogP contribution in [0.3, 0.4) is 0 Å². The number of benzene rings is 2. The highest BCUT2D eigenvalue weighted by Gasteiger charge is 2.37. The molecular formula is C27H30FN3O5. The Kier molecular flexibility index (Phi) is 6.22. The first-order valence-corrected chi connectivity index (χ1v) is 11.9. The lowest BCUT2D eigenvalue weighted by Gasteiger charge is -2.32. The number of fused-ring (bicyclic) bond motifs is 2. The number of nitrogens with one attached hydrogen (secondary N) is 1. The van der Waals surface area contributed by atoms with Crippen LogP contribution in [0.25, 0.3) is 27.5 Å². The summed E-state index contributed by atoms with van der Waals surface area (Å²) in [5, 5.41) is 18.7. The Bertz CT molecular complexity index is 1430. The van der Waals surface area contributed by atoms with E-state index in [-0.39, 0.29) is 11.7 Å². The zero-order valence-electron chi connectivity index (χ0n) is 20.8. The maximum absolute atomic E-state index is 14.4. The van der Waals surface area contributed by atoms with E-state index in [2.05, 4.69) is 40.7 Å². The van der Waals surface area contributed by atoms with E-state index in [1.807, 2.05) is 0 Å². The molecular weight excluding hydrogens is 465 g/mol. The molecule has 5 rings (SSSR count). The normalized spacial score (nSPS) is 18.7. The first kappa shape index (κ1) is 24.3. The van der Waals surface area contributed by atoms with Crippen molar-refractivity contribution in [2.45, 2.75) is 44.1 Å². The molecule has 2 aromatic heterocycles. The van der Waals surface area contributed by atoms with Crippen molar-refractivity contribution < 1.29 is 28.5 Å². The molecule has 1 fully saturated rings. The van der Waals surface area contributed by atoms with Gasteiger partial charge in [-0.2, -0.15) is 5.10 Å². The lowest BCUT2D eigenvalue weighted by molar-refractivity contribution is -0.153. The number of H-pyrrole nitrogens is 1. The van der Waals surface area contributed by atoms with Gasteiger partial charge in [-0.15, -0.1) is 0 Å². The Morgan fingerprint density at radius 2 is 2.08 bits per heavy atom. The number of halogens is 1. The third kappa shape index (κ3) is 4.02. The number of hydrogen-bond acceptors (Lipinski definition) is 5. The van der Waals surface area contributed by atoms with Crippen LogP contribution in [0, 0.1) is 5.82 Å². The van der Waals surface area contributed by atoms with Crippen LogP contribution in [0.15, 0.2) is 36.5 Å². The summed E-state index contributed by atoms with van der Waals surface area (Å²) in [6.45, 7) is 4.96. The van der Waals surface area contributed by atoms with Gasteiger partial charge in [0, 0.05) is 46.7 Å². The maximum atomic E-state index is 14.4. The molecule has 2 N–H and O–H groups in total. The molecule has 0 bridgehead atoms. The number of carboxylic acid groups (broad SMARTS) is 1. The molecule has 0 amide bonds. The van der Waals surface area contributed by atoms with Crippen molar-refractivity contribution in [3.05, 3.63) is 53.6 Å². The first-order chi connectivity index (χ1) is 17.2. The average Bonchev–Trinajstić information content (AvgIpc) is 3.45. The van der Waals surface area contributed by atoms with Gasteiger partial charge in [-0.1, -0.05) is 13.8 Å². The maximum Gasteiger partial charge on any atom is 0.332 e. The van der Waals surface area contributed by atoms with E-state index < -0.39 is 23.3 Å². The van der Waals surface area contributed by atoms with Crippen molar-refractivity contribution >= 4 is 27.8 Å². The van der Waals surface area contributed by atoms with Crippen LogP contribution >= 0.6 is 0 Å². The fraction of sp³-hybridized carbons (Fsp3) is 0.407. The molecule has 0 spiro atoms. The zero-order chi connectivity index (χ0) is 25.6. The largest absolute Gasteiger partial charge is 0.494 e. The summed E-state index contributed by atoms with van der Waals surface area (Å²) >= 11 is 0. The van der Waals surface area contributed by atoms with Crippen molar-refractivity contribution in [1.82, 2.24) is 14.8 Å². The van der Waals surface area contributed by atoms with Gasteiger partial charge in [-0.05, 0) is 42.7 Å². The molecule has 0 aliphatic carbocycles. The Morgan fingerprint density at radius 1 is 1.28 bits per heavy atom. The molecule has 1 saturated heterocycles. The molecule has 36 heavy (non-hydrogen) atoms. The second-order valence-corrected chi connectivity index (χ2v) is 9.99. The van der Waals surface area contributed by atoms with Crippen LogP contribution in [0.2, 0.25) is 0 Å². The molecule has 0 radical (unpaired) electrons. The number of rotatable bonds is 7. The van der Waals surface area contributed by atoms with E-state index in [1.165, 1.54) is 13.2 Å². The highest BCUT2D eigenvalue weighted by atomic mass is 19.1. The summed E-state index contributed by atoms with van der Waals surface area (Å²) < 4.78 is 33.3. The number of ether oxygens (including phenoxy) is 3. The summed E-state index contributed by atoms with van der Waals surface area (Å²) in [6, 6.07) is 9.00. The first-order valence-electron chi connectivity index (χ1n) is 11.9. The fourth-order valence-electron chi connectivity index (χ4n) is 5.49. The molecule has 3 heterocycles. The lowest BCUT2D eigenvalue weighted by atomic mass is 9.80. The number of hydrogen-bond donors (Lipinski definition) is 2.